The zero-order valence-electron chi connectivity index (χ0n) is 13.7. The first-order valence-electron chi connectivity index (χ1n) is 7.97. The molecule has 1 aliphatic heterocycles. The fourth-order valence-corrected chi connectivity index (χ4v) is 2.80. The van der Waals surface area contributed by atoms with E-state index in [2.05, 4.69) is 0 Å². The minimum Gasteiger partial charge on any atom is -0.475 e. The second-order valence-corrected chi connectivity index (χ2v) is 5.63. The molecule has 0 unspecified atom stereocenters. The normalized spacial score (nSPS) is 16.4. The Hall–Kier alpha value is -1.59. The predicted octanol–water partition coefficient (Wildman–Crippen LogP) is 2.25. The Labute approximate surface area is 132 Å². The molecular formula is C17H26N2O3. The molecule has 0 atom stereocenters. The largest absolute Gasteiger partial charge is 0.475 e. The van der Waals surface area contributed by atoms with Crippen molar-refractivity contribution in [2.45, 2.75) is 39.2 Å². The Morgan fingerprint density at radius 1 is 1.27 bits per heavy atom. The average molecular weight is 306 g/mol. The van der Waals surface area contributed by atoms with Crippen LogP contribution in [-0.2, 0) is 9.53 Å². The summed E-state index contributed by atoms with van der Waals surface area (Å²) in [6.45, 7) is 7.98. The summed E-state index contributed by atoms with van der Waals surface area (Å²) in [5.74, 6) is 0.798. The average Bonchev–Trinajstić information content (AvgIpc) is 2.53. The number of ether oxygens (including phenoxy) is 2. The van der Waals surface area contributed by atoms with Gasteiger partial charge in [-0.15, -0.1) is 0 Å². The lowest BCUT2D eigenvalue weighted by Crippen LogP contribution is -2.56. The Balaban J connectivity index is 2.31. The smallest absolute Gasteiger partial charge is 0.271 e. The van der Waals surface area contributed by atoms with Crippen LogP contribution in [-0.4, -0.2) is 37.8 Å². The molecule has 5 heteroatoms. The molecule has 122 valence electrons. The van der Waals surface area contributed by atoms with Gasteiger partial charge in [-0.2, -0.15) is 0 Å². The monoisotopic (exact) mass is 306 g/mol. The maximum absolute atomic E-state index is 12.9. The molecule has 2 N–H and O–H groups in total. The maximum atomic E-state index is 12.9. The molecular weight excluding hydrogens is 280 g/mol. The summed E-state index contributed by atoms with van der Waals surface area (Å²) >= 11 is 0. The SMILES string of the molecule is CCC1(CC)Oc2cc(C)ccc2N(CCOCCN)C1=O. The third-order valence-electron chi connectivity index (χ3n) is 4.21. The fourth-order valence-electron chi connectivity index (χ4n) is 2.80. The van der Waals surface area contributed by atoms with Crippen LogP contribution < -0.4 is 15.4 Å². The molecule has 2 rings (SSSR count). The van der Waals surface area contributed by atoms with Crippen LogP contribution in [0.1, 0.15) is 32.3 Å². The molecule has 0 spiro atoms. The minimum absolute atomic E-state index is 0.0187. The summed E-state index contributed by atoms with van der Waals surface area (Å²) in [6.07, 6.45) is 1.30. The zero-order valence-corrected chi connectivity index (χ0v) is 13.7. The third kappa shape index (κ3) is 3.10. The summed E-state index contributed by atoms with van der Waals surface area (Å²) in [4.78, 5) is 14.7. The Morgan fingerprint density at radius 3 is 2.64 bits per heavy atom. The first-order valence-corrected chi connectivity index (χ1v) is 7.97. The number of amides is 1. The van der Waals surface area contributed by atoms with Crippen molar-refractivity contribution in [1.82, 2.24) is 0 Å². The van der Waals surface area contributed by atoms with Crippen LogP contribution in [0.25, 0.3) is 0 Å². The van der Waals surface area contributed by atoms with Crippen LogP contribution in [0.5, 0.6) is 5.75 Å². The fraction of sp³-hybridized carbons (Fsp3) is 0.588. The van der Waals surface area contributed by atoms with E-state index in [9.17, 15) is 4.79 Å². The second kappa shape index (κ2) is 7.11. The van der Waals surface area contributed by atoms with E-state index in [1.165, 1.54) is 0 Å². The van der Waals surface area contributed by atoms with Crippen molar-refractivity contribution in [3.05, 3.63) is 23.8 Å². The van der Waals surface area contributed by atoms with Crippen LogP contribution >= 0.6 is 0 Å². The molecule has 1 aromatic carbocycles. The van der Waals surface area contributed by atoms with E-state index < -0.39 is 5.60 Å². The second-order valence-electron chi connectivity index (χ2n) is 5.63. The summed E-state index contributed by atoms with van der Waals surface area (Å²) in [5, 5.41) is 0. The van der Waals surface area contributed by atoms with Gasteiger partial charge >= 0.3 is 0 Å². The lowest BCUT2D eigenvalue weighted by molar-refractivity contribution is -0.136. The van der Waals surface area contributed by atoms with E-state index in [1.807, 2.05) is 39.0 Å². The van der Waals surface area contributed by atoms with Crippen LogP contribution in [0.2, 0.25) is 0 Å². The van der Waals surface area contributed by atoms with Crippen molar-refractivity contribution >= 4 is 11.6 Å². The molecule has 5 nitrogen and oxygen atoms in total. The molecule has 0 fully saturated rings. The first kappa shape index (κ1) is 16.8. The summed E-state index contributed by atoms with van der Waals surface area (Å²) < 4.78 is 11.6. The van der Waals surface area contributed by atoms with Crippen molar-refractivity contribution in [3.8, 4) is 5.75 Å². The number of aryl methyl sites for hydroxylation is 1. The number of hydrogen-bond donors (Lipinski definition) is 1. The molecule has 0 radical (unpaired) electrons. The molecule has 0 bridgehead atoms. The Morgan fingerprint density at radius 2 is 2.00 bits per heavy atom. The molecule has 0 saturated heterocycles. The Kier molecular flexibility index (Phi) is 5.42. The third-order valence-corrected chi connectivity index (χ3v) is 4.21. The van der Waals surface area contributed by atoms with Crippen molar-refractivity contribution in [2.24, 2.45) is 5.73 Å². The lowest BCUT2D eigenvalue weighted by Gasteiger charge is -2.42. The van der Waals surface area contributed by atoms with E-state index >= 15 is 0 Å². The highest BCUT2D eigenvalue weighted by molar-refractivity contribution is 6.02. The summed E-state index contributed by atoms with van der Waals surface area (Å²) in [5.41, 5.74) is 6.60. The molecule has 22 heavy (non-hydrogen) atoms. The van der Waals surface area contributed by atoms with Crippen molar-refractivity contribution in [3.63, 3.8) is 0 Å². The number of nitrogens with zero attached hydrogens (tertiary/aromatic N) is 1. The van der Waals surface area contributed by atoms with Gasteiger partial charge in [-0.3, -0.25) is 4.79 Å². The first-order chi connectivity index (χ1) is 10.6. The van der Waals surface area contributed by atoms with E-state index in [4.69, 9.17) is 15.2 Å². The highest BCUT2D eigenvalue weighted by Gasteiger charge is 2.45. The summed E-state index contributed by atoms with van der Waals surface area (Å²) in [6, 6.07) is 5.93. The van der Waals surface area contributed by atoms with Gasteiger partial charge in [0.1, 0.15) is 5.75 Å². The van der Waals surface area contributed by atoms with Gasteiger partial charge in [-0.05, 0) is 37.5 Å². The van der Waals surface area contributed by atoms with Crippen molar-refractivity contribution in [2.75, 3.05) is 31.2 Å². The number of nitrogens with two attached hydrogens (primary N) is 1. The quantitative estimate of drug-likeness (QED) is 0.785. The van der Waals surface area contributed by atoms with Gasteiger partial charge in [-0.25, -0.2) is 0 Å². The van der Waals surface area contributed by atoms with Gasteiger partial charge in [0.15, 0.2) is 5.60 Å². The molecule has 1 aliphatic rings. The van der Waals surface area contributed by atoms with Crippen LogP contribution in [0.4, 0.5) is 5.69 Å². The van der Waals surface area contributed by atoms with Gasteiger partial charge in [0.25, 0.3) is 5.91 Å². The van der Waals surface area contributed by atoms with Crippen LogP contribution in [0.15, 0.2) is 18.2 Å². The highest BCUT2D eigenvalue weighted by atomic mass is 16.5. The molecule has 0 saturated carbocycles. The number of carbonyl (C=O) groups excluding carboxylic acids is 1. The van der Waals surface area contributed by atoms with E-state index in [0.717, 1.165) is 17.0 Å². The maximum Gasteiger partial charge on any atom is 0.271 e. The van der Waals surface area contributed by atoms with Crippen LogP contribution in [0.3, 0.4) is 0 Å². The number of hydrogen-bond acceptors (Lipinski definition) is 4. The predicted molar refractivity (Wildman–Crippen MR) is 87.3 cm³/mol. The number of fused-ring (bicyclic) bond motifs is 1. The molecule has 0 aliphatic carbocycles. The molecule has 1 heterocycles. The van der Waals surface area contributed by atoms with Crippen molar-refractivity contribution < 1.29 is 14.3 Å². The van der Waals surface area contributed by atoms with Gasteiger partial charge in [-0.1, -0.05) is 19.9 Å². The standard InChI is InChI=1S/C17H26N2O3/c1-4-17(5-2)16(20)19(9-11-21-10-8-18)14-7-6-13(3)12-15(14)22-17/h6-7,12H,4-5,8-11,18H2,1-3H3. The summed E-state index contributed by atoms with van der Waals surface area (Å²) in [7, 11) is 0. The van der Waals surface area contributed by atoms with E-state index in [1.54, 1.807) is 4.90 Å². The topological polar surface area (TPSA) is 64.8 Å². The highest BCUT2D eigenvalue weighted by Crippen LogP contribution is 2.40. The number of anilines is 1. The number of rotatable bonds is 7. The van der Waals surface area contributed by atoms with Crippen LogP contribution in [0, 0.1) is 6.92 Å². The van der Waals surface area contributed by atoms with Gasteiger partial charge in [0.2, 0.25) is 0 Å². The molecule has 0 aromatic heterocycles. The van der Waals surface area contributed by atoms with E-state index in [-0.39, 0.29) is 5.91 Å². The minimum atomic E-state index is -0.769. The zero-order chi connectivity index (χ0) is 16.2. The van der Waals surface area contributed by atoms with Gasteiger partial charge in [0, 0.05) is 13.1 Å². The lowest BCUT2D eigenvalue weighted by atomic mass is 9.92. The number of benzene rings is 1. The Bertz CT molecular complexity index is 527. The van der Waals surface area contributed by atoms with Gasteiger partial charge in [0.05, 0.1) is 18.9 Å². The molecule has 1 aromatic rings. The van der Waals surface area contributed by atoms with E-state index in [0.29, 0.717) is 39.1 Å². The number of carbonyl (C=O) groups is 1. The molecule has 1 amide bonds. The van der Waals surface area contributed by atoms with Crippen molar-refractivity contribution in [1.29, 1.82) is 0 Å². The van der Waals surface area contributed by atoms with Gasteiger partial charge < -0.3 is 20.1 Å².